The van der Waals surface area contributed by atoms with E-state index >= 15 is 0 Å². The molecule has 24 heavy (non-hydrogen) atoms. The lowest BCUT2D eigenvalue weighted by Gasteiger charge is -2.15. The molecule has 3 rings (SSSR count). The predicted molar refractivity (Wildman–Crippen MR) is 87.6 cm³/mol. The van der Waals surface area contributed by atoms with Crippen LogP contribution >= 0.6 is 0 Å². The Kier molecular flexibility index (Phi) is 4.41. The fraction of sp³-hybridized carbons (Fsp3) is 0.294. The minimum Gasteiger partial charge on any atom is -0.361 e. The standard InChI is InChI=1S/C17H19N5O2/c1-11(20-17(23)8-16-12(2)21-24-13(16)3)14-4-6-15(7-5-14)22-10-18-9-19-22/h4-7,9-11H,8H2,1-3H3,(H,20,23)/t11-/m1/s1. The van der Waals surface area contributed by atoms with Crippen molar-refractivity contribution in [2.75, 3.05) is 0 Å². The average molecular weight is 325 g/mol. The molecule has 0 aliphatic rings. The number of nitrogens with one attached hydrogen (secondary N) is 1. The fourth-order valence-electron chi connectivity index (χ4n) is 2.55. The van der Waals surface area contributed by atoms with Gasteiger partial charge in [-0.15, -0.1) is 0 Å². The van der Waals surface area contributed by atoms with E-state index in [4.69, 9.17) is 4.52 Å². The van der Waals surface area contributed by atoms with Crippen LogP contribution in [-0.4, -0.2) is 25.8 Å². The second-order valence-electron chi connectivity index (χ2n) is 5.70. The van der Waals surface area contributed by atoms with Crippen LogP contribution in [-0.2, 0) is 11.2 Å². The van der Waals surface area contributed by atoms with Crippen molar-refractivity contribution in [3.63, 3.8) is 0 Å². The van der Waals surface area contributed by atoms with Crippen molar-refractivity contribution in [2.24, 2.45) is 0 Å². The highest BCUT2D eigenvalue weighted by molar-refractivity contribution is 5.79. The van der Waals surface area contributed by atoms with E-state index in [1.807, 2.05) is 45.0 Å². The van der Waals surface area contributed by atoms with Crippen LogP contribution in [0.1, 0.15) is 35.5 Å². The first-order valence-corrected chi connectivity index (χ1v) is 7.70. The van der Waals surface area contributed by atoms with Gasteiger partial charge in [0.1, 0.15) is 18.4 Å². The summed E-state index contributed by atoms with van der Waals surface area (Å²) in [5.41, 5.74) is 3.55. The minimum atomic E-state index is -0.0947. The molecule has 0 aliphatic heterocycles. The Bertz CT molecular complexity index is 802. The lowest BCUT2D eigenvalue weighted by molar-refractivity contribution is -0.121. The van der Waals surface area contributed by atoms with Crippen molar-refractivity contribution in [2.45, 2.75) is 33.2 Å². The molecule has 1 N–H and O–H groups in total. The van der Waals surface area contributed by atoms with Crippen molar-refractivity contribution >= 4 is 5.91 Å². The molecular weight excluding hydrogens is 306 g/mol. The normalized spacial score (nSPS) is 12.1. The van der Waals surface area contributed by atoms with Crippen molar-refractivity contribution in [3.05, 3.63) is 59.5 Å². The predicted octanol–water partition coefficient (Wildman–Crippen LogP) is 2.29. The smallest absolute Gasteiger partial charge is 0.225 e. The molecule has 7 heteroatoms. The molecule has 2 aromatic heterocycles. The van der Waals surface area contributed by atoms with Gasteiger partial charge in [-0.3, -0.25) is 4.79 Å². The van der Waals surface area contributed by atoms with E-state index in [-0.39, 0.29) is 18.4 Å². The van der Waals surface area contributed by atoms with Gasteiger partial charge in [0.15, 0.2) is 0 Å². The summed E-state index contributed by atoms with van der Waals surface area (Å²) in [7, 11) is 0. The molecule has 1 amide bonds. The number of carbonyl (C=O) groups excluding carboxylic acids is 1. The van der Waals surface area contributed by atoms with Crippen molar-refractivity contribution in [1.82, 2.24) is 25.2 Å². The number of benzene rings is 1. The number of rotatable bonds is 5. The zero-order valence-electron chi connectivity index (χ0n) is 13.9. The number of hydrogen-bond donors (Lipinski definition) is 1. The monoisotopic (exact) mass is 325 g/mol. The number of aryl methyl sites for hydroxylation is 2. The largest absolute Gasteiger partial charge is 0.361 e. The zero-order valence-corrected chi connectivity index (χ0v) is 13.9. The zero-order chi connectivity index (χ0) is 17.1. The van der Waals surface area contributed by atoms with Crippen molar-refractivity contribution < 1.29 is 9.32 Å². The van der Waals surface area contributed by atoms with E-state index in [1.54, 1.807) is 11.0 Å². The Morgan fingerprint density at radius 1 is 1.29 bits per heavy atom. The first-order valence-electron chi connectivity index (χ1n) is 7.70. The molecule has 3 aromatic rings. The maximum Gasteiger partial charge on any atom is 0.225 e. The lowest BCUT2D eigenvalue weighted by atomic mass is 10.1. The van der Waals surface area contributed by atoms with Gasteiger partial charge in [-0.2, -0.15) is 5.10 Å². The van der Waals surface area contributed by atoms with Crippen LogP contribution in [0.4, 0.5) is 0 Å². The Hall–Kier alpha value is -2.96. The van der Waals surface area contributed by atoms with Crippen LogP contribution in [0.5, 0.6) is 0 Å². The molecular formula is C17H19N5O2. The Labute approximate surface area is 139 Å². The third-order valence-corrected chi connectivity index (χ3v) is 3.97. The van der Waals surface area contributed by atoms with E-state index in [9.17, 15) is 4.79 Å². The summed E-state index contributed by atoms with van der Waals surface area (Å²) in [6, 6.07) is 7.74. The molecule has 0 saturated heterocycles. The molecule has 2 heterocycles. The van der Waals surface area contributed by atoms with Gasteiger partial charge < -0.3 is 9.84 Å². The number of nitrogens with zero attached hydrogens (tertiary/aromatic N) is 4. The van der Waals surface area contributed by atoms with Gasteiger partial charge in [-0.05, 0) is 38.5 Å². The maximum atomic E-state index is 12.2. The topological polar surface area (TPSA) is 85.8 Å². The molecule has 124 valence electrons. The second-order valence-corrected chi connectivity index (χ2v) is 5.70. The van der Waals surface area contributed by atoms with Crippen LogP contribution < -0.4 is 5.32 Å². The molecule has 0 spiro atoms. The summed E-state index contributed by atoms with van der Waals surface area (Å²) in [6.07, 6.45) is 3.40. The van der Waals surface area contributed by atoms with E-state index < -0.39 is 0 Å². The number of hydrogen-bond acceptors (Lipinski definition) is 5. The molecule has 0 aliphatic carbocycles. The molecule has 0 saturated carbocycles. The molecule has 0 bridgehead atoms. The Morgan fingerprint density at radius 3 is 2.62 bits per heavy atom. The van der Waals surface area contributed by atoms with Gasteiger partial charge in [-0.1, -0.05) is 17.3 Å². The molecule has 0 fully saturated rings. The summed E-state index contributed by atoms with van der Waals surface area (Å²) < 4.78 is 6.78. The van der Waals surface area contributed by atoms with Gasteiger partial charge in [0.2, 0.25) is 5.91 Å². The number of carbonyl (C=O) groups is 1. The van der Waals surface area contributed by atoms with Crippen molar-refractivity contribution in [3.8, 4) is 5.69 Å². The number of aromatic nitrogens is 4. The molecule has 1 atom stereocenters. The maximum absolute atomic E-state index is 12.2. The highest BCUT2D eigenvalue weighted by Crippen LogP contribution is 2.17. The molecule has 1 aromatic carbocycles. The minimum absolute atomic E-state index is 0.0581. The summed E-state index contributed by atoms with van der Waals surface area (Å²) in [4.78, 5) is 16.2. The molecule has 0 unspecified atom stereocenters. The fourth-order valence-corrected chi connectivity index (χ4v) is 2.55. The summed E-state index contributed by atoms with van der Waals surface area (Å²) in [5.74, 6) is 0.629. The van der Waals surface area contributed by atoms with E-state index in [2.05, 4.69) is 20.6 Å². The van der Waals surface area contributed by atoms with Gasteiger partial charge >= 0.3 is 0 Å². The highest BCUT2D eigenvalue weighted by atomic mass is 16.5. The molecule has 0 radical (unpaired) electrons. The highest BCUT2D eigenvalue weighted by Gasteiger charge is 2.15. The first kappa shape index (κ1) is 15.9. The third-order valence-electron chi connectivity index (χ3n) is 3.97. The SMILES string of the molecule is Cc1noc(C)c1CC(=O)N[C@H](C)c1ccc(-n2cncn2)cc1. The summed E-state index contributed by atoms with van der Waals surface area (Å²) in [5, 5.41) is 11.0. The van der Waals surface area contributed by atoms with Crippen molar-refractivity contribution in [1.29, 1.82) is 0 Å². The second kappa shape index (κ2) is 6.66. The van der Waals surface area contributed by atoms with Gasteiger partial charge in [0.05, 0.1) is 23.8 Å². The number of amides is 1. The Morgan fingerprint density at radius 2 is 2.04 bits per heavy atom. The summed E-state index contributed by atoms with van der Waals surface area (Å²) >= 11 is 0. The summed E-state index contributed by atoms with van der Waals surface area (Å²) in [6.45, 7) is 5.61. The third kappa shape index (κ3) is 3.34. The van der Waals surface area contributed by atoms with Crippen LogP contribution in [0.25, 0.3) is 5.69 Å². The van der Waals surface area contributed by atoms with Gasteiger partial charge in [-0.25, -0.2) is 9.67 Å². The van der Waals surface area contributed by atoms with Crippen LogP contribution in [0.15, 0.2) is 41.4 Å². The first-order chi connectivity index (χ1) is 11.5. The average Bonchev–Trinajstić information content (AvgIpc) is 3.21. The van der Waals surface area contributed by atoms with Crippen LogP contribution in [0, 0.1) is 13.8 Å². The lowest BCUT2D eigenvalue weighted by Crippen LogP contribution is -2.28. The van der Waals surface area contributed by atoms with Gasteiger partial charge in [0.25, 0.3) is 0 Å². The molecule has 7 nitrogen and oxygen atoms in total. The quantitative estimate of drug-likeness (QED) is 0.778. The van der Waals surface area contributed by atoms with Gasteiger partial charge in [0, 0.05) is 5.56 Å². The van der Waals surface area contributed by atoms with E-state index in [1.165, 1.54) is 6.33 Å². The van der Waals surface area contributed by atoms with Crippen LogP contribution in [0.3, 0.4) is 0 Å². The van der Waals surface area contributed by atoms with E-state index in [0.29, 0.717) is 5.76 Å². The van der Waals surface area contributed by atoms with E-state index in [0.717, 1.165) is 22.5 Å². The van der Waals surface area contributed by atoms with Crippen LogP contribution in [0.2, 0.25) is 0 Å². The Balaban J connectivity index is 1.64.